The summed E-state index contributed by atoms with van der Waals surface area (Å²) in [5.74, 6) is 0. The minimum atomic E-state index is 0.482. The van der Waals surface area contributed by atoms with Crippen LogP contribution < -0.4 is 5.32 Å². The fraction of sp³-hybridized carbons (Fsp3) is 0.0833. The van der Waals surface area contributed by atoms with E-state index in [4.69, 9.17) is 16.6 Å². The average Bonchev–Trinajstić information content (AvgIpc) is 3.15. The number of fused-ring (bicyclic) bond motifs is 1. The molecule has 0 aliphatic rings. The summed E-state index contributed by atoms with van der Waals surface area (Å²) in [6, 6.07) is 24.4. The summed E-state index contributed by atoms with van der Waals surface area (Å²) in [4.78, 5) is 9.22. The molecule has 0 saturated heterocycles. The van der Waals surface area contributed by atoms with Crippen LogP contribution in [-0.2, 0) is 6.54 Å². The van der Waals surface area contributed by atoms with Crippen LogP contribution in [0.5, 0.6) is 0 Å². The minimum Gasteiger partial charge on any atom is -0.378 e. The molecule has 0 fully saturated rings. The summed E-state index contributed by atoms with van der Waals surface area (Å²) in [6.45, 7) is 6.68. The molecule has 1 aromatic heterocycles. The second-order valence-corrected chi connectivity index (χ2v) is 8.24. The second kappa shape index (κ2) is 8.60. The maximum atomic E-state index is 6.10. The summed E-state index contributed by atoms with van der Waals surface area (Å²) in [6.07, 6.45) is 0. The van der Waals surface area contributed by atoms with Crippen LogP contribution in [0.4, 0.5) is 5.69 Å². The van der Waals surface area contributed by atoms with Gasteiger partial charge in [0.2, 0.25) is 0 Å². The van der Waals surface area contributed by atoms with Crippen molar-refractivity contribution in [3.8, 4) is 11.1 Å². The minimum absolute atomic E-state index is 0.482. The molecule has 0 unspecified atom stereocenters. The molecule has 5 heteroatoms. The number of hydrogen-bond donors (Lipinski definition) is 1. The van der Waals surface area contributed by atoms with E-state index in [9.17, 15) is 0 Å². The Morgan fingerprint density at radius 3 is 2.55 bits per heavy atom. The van der Waals surface area contributed by atoms with Gasteiger partial charge in [-0.25, -0.2) is 9.98 Å². The van der Waals surface area contributed by atoms with E-state index in [0.717, 1.165) is 38.6 Å². The lowest BCUT2D eigenvalue weighted by Crippen LogP contribution is -2.11. The van der Waals surface area contributed by atoms with Crippen LogP contribution in [0.2, 0.25) is 0 Å². The van der Waals surface area contributed by atoms with Crippen molar-refractivity contribution in [2.24, 2.45) is 4.99 Å². The Kier molecular flexibility index (Phi) is 5.74. The van der Waals surface area contributed by atoms with Gasteiger partial charge < -0.3 is 5.32 Å². The highest BCUT2D eigenvalue weighted by atomic mass is 35.5. The molecular weight excluding hydrogens is 398 g/mol. The Morgan fingerprint density at radius 2 is 1.79 bits per heavy atom. The Balaban J connectivity index is 1.68. The van der Waals surface area contributed by atoms with E-state index in [2.05, 4.69) is 41.2 Å². The number of halogens is 1. The standard InChI is InChI=1S/C24H20ClN3S/c1-16(26-15-23-28-20-12-6-7-14-22(20)29-23)24-19(18-9-4-3-5-10-18)11-8-13-21(24)27-17(2)25/h3-14,26H,1,15H2,2H3. The number of aliphatic imine (C=N–C) groups is 1. The van der Waals surface area contributed by atoms with E-state index in [1.54, 1.807) is 18.3 Å². The van der Waals surface area contributed by atoms with Gasteiger partial charge in [0, 0.05) is 11.3 Å². The van der Waals surface area contributed by atoms with E-state index in [-0.39, 0.29) is 0 Å². The second-order valence-electron chi connectivity index (χ2n) is 6.58. The number of rotatable bonds is 6. The van der Waals surface area contributed by atoms with Crippen molar-refractivity contribution in [2.75, 3.05) is 0 Å². The van der Waals surface area contributed by atoms with Crippen molar-refractivity contribution < 1.29 is 0 Å². The molecule has 0 amide bonds. The summed E-state index contributed by atoms with van der Waals surface area (Å²) >= 11 is 7.78. The van der Waals surface area contributed by atoms with Crippen molar-refractivity contribution >= 4 is 49.7 Å². The smallest absolute Gasteiger partial charge is 0.113 e. The third-order valence-electron chi connectivity index (χ3n) is 4.49. The molecule has 1 N–H and O–H groups in total. The van der Waals surface area contributed by atoms with Gasteiger partial charge in [-0.15, -0.1) is 11.3 Å². The first kappa shape index (κ1) is 19.4. The van der Waals surface area contributed by atoms with Crippen molar-refractivity contribution in [1.29, 1.82) is 0 Å². The lowest BCUT2D eigenvalue weighted by Gasteiger charge is -2.16. The largest absolute Gasteiger partial charge is 0.378 e. The Labute approximate surface area is 179 Å². The third-order valence-corrected chi connectivity index (χ3v) is 5.62. The van der Waals surface area contributed by atoms with Crippen molar-refractivity contribution in [3.63, 3.8) is 0 Å². The van der Waals surface area contributed by atoms with Gasteiger partial charge in [0.05, 0.1) is 22.4 Å². The van der Waals surface area contributed by atoms with Crippen LogP contribution in [-0.4, -0.2) is 10.2 Å². The molecule has 29 heavy (non-hydrogen) atoms. The highest BCUT2D eigenvalue weighted by molar-refractivity contribution is 7.18. The topological polar surface area (TPSA) is 37.3 Å². The quantitative estimate of drug-likeness (QED) is 0.342. The molecule has 4 aromatic rings. The summed E-state index contributed by atoms with van der Waals surface area (Å²) in [5.41, 5.74) is 5.72. The number of nitrogens with zero attached hydrogens (tertiary/aromatic N) is 2. The van der Waals surface area contributed by atoms with Gasteiger partial charge in [0.25, 0.3) is 0 Å². The molecule has 1 heterocycles. The van der Waals surface area contributed by atoms with E-state index >= 15 is 0 Å². The van der Waals surface area contributed by atoms with Gasteiger partial charge in [-0.3, -0.25) is 0 Å². The number of nitrogens with one attached hydrogen (secondary N) is 1. The number of para-hydroxylation sites is 1. The van der Waals surface area contributed by atoms with Gasteiger partial charge in [-0.1, -0.05) is 72.8 Å². The number of hydrogen-bond acceptors (Lipinski definition) is 4. The fourth-order valence-corrected chi connectivity index (χ4v) is 4.24. The van der Waals surface area contributed by atoms with Crippen LogP contribution in [0.15, 0.2) is 84.4 Å². The predicted octanol–water partition coefficient (Wildman–Crippen LogP) is 7.01. The molecule has 3 aromatic carbocycles. The van der Waals surface area contributed by atoms with E-state index in [0.29, 0.717) is 11.7 Å². The Hall–Kier alpha value is -2.95. The molecule has 0 atom stereocenters. The zero-order valence-electron chi connectivity index (χ0n) is 16.0. The van der Waals surface area contributed by atoms with Crippen LogP contribution in [0.25, 0.3) is 27.0 Å². The maximum absolute atomic E-state index is 6.10. The molecule has 0 aliphatic carbocycles. The highest BCUT2D eigenvalue weighted by Gasteiger charge is 2.14. The van der Waals surface area contributed by atoms with Gasteiger partial charge in [0.15, 0.2) is 0 Å². The molecule has 0 radical (unpaired) electrons. The number of benzene rings is 3. The normalized spacial score (nSPS) is 11.6. The first-order valence-corrected chi connectivity index (χ1v) is 10.5. The van der Waals surface area contributed by atoms with Crippen molar-refractivity contribution in [2.45, 2.75) is 13.5 Å². The third kappa shape index (κ3) is 4.39. The maximum Gasteiger partial charge on any atom is 0.113 e. The lowest BCUT2D eigenvalue weighted by molar-refractivity contribution is 0.884. The van der Waals surface area contributed by atoms with Crippen molar-refractivity contribution in [1.82, 2.24) is 10.3 Å². The van der Waals surface area contributed by atoms with E-state index < -0.39 is 0 Å². The molecule has 0 spiro atoms. The van der Waals surface area contributed by atoms with Crippen LogP contribution in [0.1, 0.15) is 17.5 Å². The van der Waals surface area contributed by atoms with Crippen LogP contribution >= 0.6 is 22.9 Å². The zero-order chi connectivity index (χ0) is 20.2. The molecule has 0 aliphatic heterocycles. The highest BCUT2D eigenvalue weighted by Crippen LogP contribution is 2.35. The van der Waals surface area contributed by atoms with Gasteiger partial charge in [-0.2, -0.15) is 0 Å². The molecule has 0 saturated carbocycles. The monoisotopic (exact) mass is 417 g/mol. The number of thiazole rings is 1. The first-order chi connectivity index (χ1) is 14.1. The lowest BCUT2D eigenvalue weighted by atomic mass is 9.96. The zero-order valence-corrected chi connectivity index (χ0v) is 17.6. The Morgan fingerprint density at radius 1 is 1.03 bits per heavy atom. The summed E-state index contributed by atoms with van der Waals surface area (Å²) in [7, 11) is 0. The van der Waals surface area contributed by atoms with Crippen molar-refractivity contribution in [3.05, 3.63) is 89.9 Å². The van der Waals surface area contributed by atoms with Crippen LogP contribution in [0, 0.1) is 0 Å². The number of aromatic nitrogens is 1. The van der Waals surface area contributed by atoms with Gasteiger partial charge >= 0.3 is 0 Å². The van der Waals surface area contributed by atoms with E-state index in [1.165, 1.54) is 4.70 Å². The molecule has 3 nitrogen and oxygen atoms in total. The summed E-state index contributed by atoms with van der Waals surface area (Å²) in [5, 5.41) is 4.94. The molecule has 144 valence electrons. The van der Waals surface area contributed by atoms with E-state index in [1.807, 2.05) is 48.5 Å². The summed E-state index contributed by atoms with van der Waals surface area (Å²) < 4.78 is 1.18. The SMILES string of the molecule is C=C(NCc1nc2ccccc2s1)c1c(N=C(C)Cl)cccc1-c1ccccc1. The average molecular weight is 418 g/mol. The molecule has 0 bridgehead atoms. The van der Waals surface area contributed by atoms with Gasteiger partial charge in [0.1, 0.15) is 10.2 Å². The first-order valence-electron chi connectivity index (χ1n) is 9.28. The van der Waals surface area contributed by atoms with Crippen LogP contribution in [0.3, 0.4) is 0 Å². The fourth-order valence-electron chi connectivity index (χ4n) is 3.24. The predicted molar refractivity (Wildman–Crippen MR) is 126 cm³/mol. The molecule has 4 rings (SSSR count). The Bertz CT molecular complexity index is 1160. The molecular formula is C24H20ClN3S. The van der Waals surface area contributed by atoms with Gasteiger partial charge in [-0.05, 0) is 36.2 Å².